The maximum Gasteiger partial charge on any atom is 0.326 e. The van der Waals surface area contributed by atoms with Gasteiger partial charge >= 0.3 is 12.0 Å². The topological polar surface area (TPSA) is 87.7 Å². The normalized spacial score (nSPS) is 11.3. The highest BCUT2D eigenvalue weighted by atomic mass is 79.9. The first kappa shape index (κ1) is 16.0. The number of ether oxygens (including phenoxy) is 1. The molecule has 1 unspecified atom stereocenters. The van der Waals surface area contributed by atoms with Crippen LogP contribution in [0.1, 0.15) is 6.42 Å². The number of rotatable bonds is 6. The lowest BCUT2D eigenvalue weighted by atomic mass is 10.2. The molecule has 0 aromatic heterocycles. The maximum absolute atomic E-state index is 11.8. The molecule has 0 bridgehead atoms. The van der Waals surface area contributed by atoms with Gasteiger partial charge in [-0.15, -0.1) is 6.58 Å². The molecule has 0 saturated heterocycles. The third-order valence-corrected chi connectivity index (χ3v) is 2.91. The van der Waals surface area contributed by atoms with Crippen molar-refractivity contribution in [1.29, 1.82) is 0 Å². The van der Waals surface area contributed by atoms with Gasteiger partial charge in [0.15, 0.2) is 0 Å². The molecule has 7 heteroatoms. The summed E-state index contributed by atoms with van der Waals surface area (Å²) in [5.41, 5.74) is 0.433. The number of benzene rings is 1. The Bertz CT molecular complexity index is 519. The second kappa shape index (κ2) is 7.54. The highest BCUT2D eigenvalue weighted by molar-refractivity contribution is 9.10. The number of carbonyl (C=O) groups excluding carboxylic acids is 1. The van der Waals surface area contributed by atoms with E-state index in [0.717, 1.165) is 4.47 Å². The van der Waals surface area contributed by atoms with Crippen molar-refractivity contribution in [2.75, 3.05) is 12.4 Å². The zero-order valence-corrected chi connectivity index (χ0v) is 12.4. The Labute approximate surface area is 124 Å². The number of amides is 2. The van der Waals surface area contributed by atoms with E-state index < -0.39 is 18.0 Å². The second-order valence-corrected chi connectivity index (χ2v) is 4.77. The number of carboxylic acids is 1. The molecule has 3 N–H and O–H groups in total. The SMILES string of the molecule is C=CCC(NC(=O)Nc1cc(Br)ccc1OC)C(=O)O. The van der Waals surface area contributed by atoms with Crippen molar-refractivity contribution in [1.82, 2.24) is 5.32 Å². The summed E-state index contributed by atoms with van der Waals surface area (Å²) >= 11 is 3.28. The van der Waals surface area contributed by atoms with Gasteiger partial charge in [-0.25, -0.2) is 9.59 Å². The fourth-order valence-electron chi connectivity index (χ4n) is 1.48. The van der Waals surface area contributed by atoms with Crippen LogP contribution < -0.4 is 15.4 Å². The Hall–Kier alpha value is -2.02. The van der Waals surface area contributed by atoms with Gasteiger partial charge < -0.3 is 20.5 Å². The van der Waals surface area contributed by atoms with Crippen LogP contribution in [0.5, 0.6) is 5.75 Å². The minimum Gasteiger partial charge on any atom is -0.495 e. The predicted octanol–water partition coefficient (Wildman–Crippen LogP) is 2.61. The predicted molar refractivity (Wildman–Crippen MR) is 79.1 cm³/mol. The van der Waals surface area contributed by atoms with Crippen molar-refractivity contribution in [2.45, 2.75) is 12.5 Å². The summed E-state index contributed by atoms with van der Waals surface area (Å²) in [6, 6.07) is 3.45. The number of nitrogens with one attached hydrogen (secondary N) is 2. The molecule has 1 aromatic carbocycles. The largest absolute Gasteiger partial charge is 0.495 e. The van der Waals surface area contributed by atoms with Gasteiger partial charge in [-0.05, 0) is 24.6 Å². The molecule has 1 aromatic rings. The van der Waals surface area contributed by atoms with Gasteiger partial charge in [0, 0.05) is 4.47 Å². The molecular weight excluding hydrogens is 328 g/mol. The fourth-order valence-corrected chi connectivity index (χ4v) is 1.84. The van der Waals surface area contributed by atoms with Crippen molar-refractivity contribution in [3.63, 3.8) is 0 Å². The molecule has 1 rings (SSSR count). The first-order valence-electron chi connectivity index (χ1n) is 5.72. The van der Waals surface area contributed by atoms with E-state index in [4.69, 9.17) is 9.84 Å². The molecule has 1 atom stereocenters. The first-order valence-corrected chi connectivity index (χ1v) is 6.52. The van der Waals surface area contributed by atoms with Gasteiger partial charge in [0.25, 0.3) is 0 Å². The standard InChI is InChI=1S/C13H15BrN2O4/c1-3-4-9(12(17)18)15-13(19)16-10-7-8(14)5-6-11(10)20-2/h3,5-7,9H,1,4H2,2H3,(H,17,18)(H2,15,16,19). The molecule has 0 aliphatic rings. The van der Waals surface area contributed by atoms with Crippen LogP contribution in [0.25, 0.3) is 0 Å². The number of hydrogen-bond acceptors (Lipinski definition) is 3. The summed E-state index contributed by atoms with van der Waals surface area (Å²) in [4.78, 5) is 22.7. The van der Waals surface area contributed by atoms with E-state index in [9.17, 15) is 9.59 Å². The third-order valence-electron chi connectivity index (χ3n) is 2.42. The third kappa shape index (κ3) is 4.58. The van der Waals surface area contributed by atoms with Crippen LogP contribution in [0.15, 0.2) is 35.3 Å². The van der Waals surface area contributed by atoms with Crippen LogP contribution >= 0.6 is 15.9 Å². The number of methoxy groups -OCH3 is 1. The van der Waals surface area contributed by atoms with Crippen molar-refractivity contribution in [3.05, 3.63) is 35.3 Å². The summed E-state index contributed by atoms with van der Waals surface area (Å²) in [6.45, 7) is 3.45. The molecule has 0 aliphatic carbocycles. The Kier molecular flexibility index (Phi) is 6.05. The Morgan fingerprint density at radius 1 is 1.55 bits per heavy atom. The minimum atomic E-state index is -1.12. The van der Waals surface area contributed by atoms with Crippen LogP contribution in [-0.4, -0.2) is 30.3 Å². The molecule has 0 saturated carbocycles. The molecular formula is C13H15BrN2O4. The van der Waals surface area contributed by atoms with Gasteiger partial charge in [-0.1, -0.05) is 22.0 Å². The minimum absolute atomic E-state index is 0.137. The van der Waals surface area contributed by atoms with E-state index >= 15 is 0 Å². The van der Waals surface area contributed by atoms with Gasteiger partial charge in [0.1, 0.15) is 11.8 Å². The second-order valence-electron chi connectivity index (χ2n) is 3.86. The molecule has 0 spiro atoms. The fraction of sp³-hybridized carbons (Fsp3) is 0.231. The lowest BCUT2D eigenvalue weighted by Gasteiger charge is -2.15. The smallest absolute Gasteiger partial charge is 0.326 e. The number of aliphatic carboxylic acids is 1. The lowest BCUT2D eigenvalue weighted by Crippen LogP contribution is -2.42. The summed E-state index contributed by atoms with van der Waals surface area (Å²) < 4.78 is 5.86. The maximum atomic E-state index is 11.8. The molecule has 0 heterocycles. The Morgan fingerprint density at radius 3 is 2.80 bits per heavy atom. The van der Waals surface area contributed by atoms with Gasteiger partial charge in [-0.3, -0.25) is 0 Å². The highest BCUT2D eigenvalue weighted by Gasteiger charge is 2.18. The summed E-state index contributed by atoms with van der Waals surface area (Å²) in [5, 5.41) is 13.8. The zero-order chi connectivity index (χ0) is 15.1. The molecule has 108 valence electrons. The molecule has 6 nitrogen and oxygen atoms in total. The lowest BCUT2D eigenvalue weighted by molar-refractivity contribution is -0.139. The average molecular weight is 343 g/mol. The van der Waals surface area contributed by atoms with Crippen molar-refractivity contribution in [3.8, 4) is 5.75 Å². The number of carboxylic acid groups (broad SMARTS) is 1. The molecule has 0 radical (unpaired) electrons. The molecule has 0 fully saturated rings. The van der Waals surface area contributed by atoms with Crippen LogP contribution in [0.4, 0.5) is 10.5 Å². The summed E-state index contributed by atoms with van der Waals surface area (Å²) in [7, 11) is 1.48. The van der Waals surface area contributed by atoms with E-state index in [0.29, 0.717) is 11.4 Å². The number of halogens is 1. The van der Waals surface area contributed by atoms with E-state index in [1.807, 2.05) is 0 Å². The molecule has 2 amide bonds. The van der Waals surface area contributed by atoms with Gasteiger partial charge in [-0.2, -0.15) is 0 Å². The number of anilines is 1. The average Bonchev–Trinajstić information content (AvgIpc) is 2.38. The Morgan fingerprint density at radius 2 is 2.25 bits per heavy atom. The first-order chi connectivity index (χ1) is 9.47. The zero-order valence-electron chi connectivity index (χ0n) is 10.9. The van der Waals surface area contributed by atoms with E-state index in [2.05, 4.69) is 33.1 Å². The van der Waals surface area contributed by atoms with Crippen LogP contribution in [0.3, 0.4) is 0 Å². The number of carbonyl (C=O) groups is 2. The quantitative estimate of drug-likeness (QED) is 0.693. The van der Waals surface area contributed by atoms with E-state index in [1.165, 1.54) is 13.2 Å². The van der Waals surface area contributed by atoms with Gasteiger partial charge in [0.05, 0.1) is 12.8 Å². The summed E-state index contributed by atoms with van der Waals surface area (Å²) in [5.74, 6) is -0.653. The van der Waals surface area contributed by atoms with Crippen molar-refractivity contribution >= 4 is 33.6 Å². The number of urea groups is 1. The Balaban J connectivity index is 2.77. The molecule has 0 aliphatic heterocycles. The van der Waals surface area contributed by atoms with Crippen LogP contribution in [0.2, 0.25) is 0 Å². The van der Waals surface area contributed by atoms with Crippen LogP contribution in [-0.2, 0) is 4.79 Å². The van der Waals surface area contributed by atoms with E-state index in [-0.39, 0.29) is 6.42 Å². The highest BCUT2D eigenvalue weighted by Crippen LogP contribution is 2.27. The van der Waals surface area contributed by atoms with Crippen LogP contribution in [0, 0.1) is 0 Å². The van der Waals surface area contributed by atoms with Gasteiger partial charge in [0.2, 0.25) is 0 Å². The molecule has 20 heavy (non-hydrogen) atoms. The van der Waals surface area contributed by atoms with E-state index in [1.54, 1.807) is 18.2 Å². The number of hydrogen-bond donors (Lipinski definition) is 3. The van der Waals surface area contributed by atoms with Crippen molar-refractivity contribution in [2.24, 2.45) is 0 Å². The van der Waals surface area contributed by atoms with Crippen molar-refractivity contribution < 1.29 is 19.4 Å². The monoisotopic (exact) mass is 342 g/mol. The summed E-state index contributed by atoms with van der Waals surface area (Å²) in [6.07, 6.45) is 1.57.